The summed E-state index contributed by atoms with van der Waals surface area (Å²) in [6, 6.07) is 15.8. The van der Waals surface area contributed by atoms with Crippen LogP contribution in [0.3, 0.4) is 0 Å². The van der Waals surface area contributed by atoms with Crippen molar-refractivity contribution in [3.8, 4) is 28.5 Å². The molecule has 0 radical (unpaired) electrons. The van der Waals surface area contributed by atoms with Crippen molar-refractivity contribution in [3.63, 3.8) is 0 Å². The van der Waals surface area contributed by atoms with Gasteiger partial charge in [-0.1, -0.05) is 30.0 Å². The molecular formula is C22H20N4O3S. The van der Waals surface area contributed by atoms with Crippen molar-refractivity contribution in [2.75, 3.05) is 20.3 Å². The van der Waals surface area contributed by atoms with E-state index in [2.05, 4.69) is 21.1 Å². The fourth-order valence-corrected chi connectivity index (χ4v) is 4.04. The van der Waals surface area contributed by atoms with Gasteiger partial charge in [0.2, 0.25) is 5.16 Å². The van der Waals surface area contributed by atoms with Gasteiger partial charge in [0, 0.05) is 23.9 Å². The standard InChI is InChI=1S/C22H20N4O3S/c1-27-17-5-2-4-16(13-17)18-8-9-23-21-24-22(25-26(18)21)30-14-15-6-7-19-20(12-15)29-11-3-10-28-19/h2,4-9,12-13H,3,10-11,14H2,1H3. The molecule has 0 unspecified atom stereocenters. The SMILES string of the molecule is COc1cccc(-c2ccnc3nc(SCc4ccc5c(c4)OCCCO5)nn23)c1. The third-order valence-electron chi connectivity index (χ3n) is 4.77. The topological polar surface area (TPSA) is 70.8 Å². The Balaban J connectivity index is 1.39. The lowest BCUT2D eigenvalue weighted by atomic mass is 10.1. The van der Waals surface area contributed by atoms with Crippen molar-refractivity contribution in [2.45, 2.75) is 17.3 Å². The van der Waals surface area contributed by atoms with Crippen molar-refractivity contribution in [2.24, 2.45) is 0 Å². The number of aromatic nitrogens is 4. The Morgan fingerprint density at radius 1 is 1.07 bits per heavy atom. The van der Waals surface area contributed by atoms with Gasteiger partial charge in [-0.15, -0.1) is 5.10 Å². The van der Waals surface area contributed by atoms with E-state index < -0.39 is 0 Å². The number of fused-ring (bicyclic) bond motifs is 2. The molecule has 30 heavy (non-hydrogen) atoms. The monoisotopic (exact) mass is 420 g/mol. The number of methoxy groups -OCH3 is 1. The van der Waals surface area contributed by atoms with Crippen LogP contribution < -0.4 is 14.2 Å². The van der Waals surface area contributed by atoms with Gasteiger partial charge in [-0.2, -0.15) is 9.50 Å². The lowest BCUT2D eigenvalue weighted by molar-refractivity contribution is 0.297. The Bertz CT molecular complexity index is 1190. The summed E-state index contributed by atoms with van der Waals surface area (Å²) < 4.78 is 18.6. The highest BCUT2D eigenvalue weighted by atomic mass is 32.2. The van der Waals surface area contributed by atoms with E-state index in [1.807, 2.05) is 42.5 Å². The Labute approximate surface area is 178 Å². The zero-order chi connectivity index (χ0) is 20.3. The maximum Gasteiger partial charge on any atom is 0.253 e. The summed E-state index contributed by atoms with van der Waals surface area (Å²) in [6.45, 7) is 1.37. The van der Waals surface area contributed by atoms with Crippen LogP contribution in [0, 0.1) is 0 Å². The first-order chi connectivity index (χ1) is 14.8. The van der Waals surface area contributed by atoms with E-state index in [0.717, 1.165) is 46.2 Å². The normalized spacial score (nSPS) is 13.2. The minimum Gasteiger partial charge on any atom is -0.497 e. The van der Waals surface area contributed by atoms with Crippen LogP contribution in [0.25, 0.3) is 17.0 Å². The minimum absolute atomic E-state index is 0.566. The van der Waals surface area contributed by atoms with Crippen LogP contribution in [0.4, 0.5) is 0 Å². The molecule has 0 aliphatic carbocycles. The number of benzene rings is 2. The highest BCUT2D eigenvalue weighted by Crippen LogP contribution is 2.32. The van der Waals surface area contributed by atoms with Gasteiger partial charge in [0.25, 0.3) is 5.78 Å². The van der Waals surface area contributed by atoms with E-state index in [4.69, 9.17) is 14.2 Å². The first-order valence-electron chi connectivity index (χ1n) is 9.68. The Morgan fingerprint density at radius 2 is 1.97 bits per heavy atom. The quantitative estimate of drug-likeness (QED) is 0.447. The van der Waals surface area contributed by atoms with Crippen molar-refractivity contribution in [3.05, 3.63) is 60.3 Å². The maximum atomic E-state index is 5.78. The Morgan fingerprint density at radius 3 is 2.87 bits per heavy atom. The predicted molar refractivity (Wildman–Crippen MR) is 114 cm³/mol. The van der Waals surface area contributed by atoms with E-state index in [1.54, 1.807) is 29.6 Å². The highest BCUT2D eigenvalue weighted by Gasteiger charge is 2.13. The average molecular weight is 420 g/mol. The second-order valence-corrected chi connectivity index (χ2v) is 7.73. The molecule has 0 amide bonds. The second-order valence-electron chi connectivity index (χ2n) is 6.79. The molecule has 0 spiro atoms. The van der Waals surface area contributed by atoms with Crippen LogP contribution in [0.5, 0.6) is 17.2 Å². The predicted octanol–water partition coefficient (Wildman–Crippen LogP) is 4.25. The fourth-order valence-electron chi connectivity index (χ4n) is 3.28. The van der Waals surface area contributed by atoms with Gasteiger partial charge in [0.05, 0.1) is 26.0 Å². The summed E-state index contributed by atoms with van der Waals surface area (Å²) in [7, 11) is 1.66. The van der Waals surface area contributed by atoms with Gasteiger partial charge in [0.1, 0.15) is 5.75 Å². The summed E-state index contributed by atoms with van der Waals surface area (Å²) in [4.78, 5) is 8.94. The summed E-state index contributed by atoms with van der Waals surface area (Å²) in [6.07, 6.45) is 2.64. The van der Waals surface area contributed by atoms with Crippen molar-refractivity contribution in [1.29, 1.82) is 0 Å². The van der Waals surface area contributed by atoms with Crippen LogP contribution in [0.2, 0.25) is 0 Å². The molecular weight excluding hydrogens is 400 g/mol. The van der Waals surface area contributed by atoms with Gasteiger partial charge >= 0.3 is 0 Å². The summed E-state index contributed by atoms with van der Waals surface area (Å²) in [5.41, 5.74) is 3.03. The van der Waals surface area contributed by atoms with Crippen molar-refractivity contribution in [1.82, 2.24) is 19.6 Å². The summed E-state index contributed by atoms with van der Waals surface area (Å²) in [5, 5.41) is 5.34. The largest absolute Gasteiger partial charge is 0.497 e. The van der Waals surface area contributed by atoms with Gasteiger partial charge in [-0.3, -0.25) is 0 Å². The number of rotatable bonds is 5. The van der Waals surface area contributed by atoms with Crippen LogP contribution in [0.1, 0.15) is 12.0 Å². The molecule has 3 heterocycles. The molecule has 2 aromatic carbocycles. The average Bonchev–Trinajstić information content (AvgIpc) is 3.07. The van der Waals surface area contributed by atoms with Crippen molar-refractivity contribution < 1.29 is 14.2 Å². The molecule has 8 heteroatoms. The van der Waals surface area contributed by atoms with E-state index in [1.165, 1.54) is 0 Å². The van der Waals surface area contributed by atoms with E-state index in [9.17, 15) is 0 Å². The molecule has 0 saturated carbocycles. The van der Waals surface area contributed by atoms with Crippen LogP contribution in [-0.2, 0) is 5.75 Å². The first-order valence-corrected chi connectivity index (χ1v) is 10.7. The number of ether oxygens (including phenoxy) is 3. The molecule has 152 valence electrons. The zero-order valence-corrected chi connectivity index (χ0v) is 17.3. The van der Waals surface area contributed by atoms with E-state index in [0.29, 0.717) is 24.1 Å². The fraction of sp³-hybridized carbons (Fsp3) is 0.227. The smallest absolute Gasteiger partial charge is 0.253 e. The minimum atomic E-state index is 0.566. The lowest BCUT2D eigenvalue weighted by Gasteiger charge is -2.08. The van der Waals surface area contributed by atoms with Gasteiger partial charge in [-0.05, 0) is 35.9 Å². The van der Waals surface area contributed by atoms with E-state index in [-0.39, 0.29) is 0 Å². The molecule has 0 N–H and O–H groups in total. The number of hydrogen-bond donors (Lipinski definition) is 0. The number of nitrogens with zero attached hydrogens (tertiary/aromatic N) is 4. The molecule has 4 aromatic rings. The van der Waals surface area contributed by atoms with Crippen LogP contribution in [0.15, 0.2) is 59.9 Å². The molecule has 5 rings (SSSR count). The Hall–Kier alpha value is -3.26. The molecule has 7 nitrogen and oxygen atoms in total. The Kier molecular flexibility index (Phi) is 5.15. The molecule has 2 aromatic heterocycles. The molecule has 0 atom stereocenters. The van der Waals surface area contributed by atoms with E-state index >= 15 is 0 Å². The highest BCUT2D eigenvalue weighted by molar-refractivity contribution is 7.98. The summed E-state index contributed by atoms with van der Waals surface area (Å²) in [5.74, 6) is 3.69. The molecule has 1 aliphatic rings. The zero-order valence-electron chi connectivity index (χ0n) is 16.4. The maximum absolute atomic E-state index is 5.78. The first kappa shape index (κ1) is 18.7. The molecule has 0 bridgehead atoms. The number of hydrogen-bond acceptors (Lipinski definition) is 7. The molecule has 0 saturated heterocycles. The number of thioether (sulfide) groups is 1. The second kappa shape index (κ2) is 8.23. The third-order valence-corrected chi connectivity index (χ3v) is 5.68. The molecule has 1 aliphatic heterocycles. The lowest BCUT2D eigenvalue weighted by Crippen LogP contribution is -1.97. The van der Waals surface area contributed by atoms with Gasteiger partial charge in [0.15, 0.2) is 11.5 Å². The summed E-state index contributed by atoms with van der Waals surface area (Å²) >= 11 is 1.56. The van der Waals surface area contributed by atoms with Crippen LogP contribution in [-0.4, -0.2) is 39.9 Å². The van der Waals surface area contributed by atoms with Gasteiger partial charge < -0.3 is 14.2 Å². The van der Waals surface area contributed by atoms with Gasteiger partial charge in [-0.25, -0.2) is 4.98 Å². The molecule has 0 fully saturated rings. The third kappa shape index (κ3) is 3.78. The van der Waals surface area contributed by atoms with Crippen LogP contribution >= 0.6 is 11.8 Å². The van der Waals surface area contributed by atoms with Crippen molar-refractivity contribution >= 4 is 17.5 Å².